The van der Waals surface area contributed by atoms with Crippen LogP contribution in [0, 0.1) is 5.92 Å². The number of piperidine rings is 1. The molecule has 2 N–H and O–H groups in total. The van der Waals surface area contributed by atoms with Gasteiger partial charge in [0, 0.05) is 20.1 Å². The lowest BCUT2D eigenvalue weighted by Crippen LogP contribution is -2.53. The Hall–Kier alpha value is -2.08. The molecule has 0 radical (unpaired) electrons. The quantitative estimate of drug-likeness (QED) is 0.845. The first-order valence-corrected chi connectivity index (χ1v) is 9.38. The number of likely N-dealkylation sites (N-methyl/N-ethyl adjacent to an activating group) is 1. The summed E-state index contributed by atoms with van der Waals surface area (Å²) >= 11 is 0. The van der Waals surface area contributed by atoms with Crippen molar-refractivity contribution in [2.24, 2.45) is 11.7 Å². The number of carbonyl (C=O) groups is 2. The Kier molecular flexibility index (Phi) is 7.45. The first kappa shape index (κ1) is 20.2. The summed E-state index contributed by atoms with van der Waals surface area (Å²) in [4.78, 5) is 28.4. The largest absolute Gasteiger partial charge is 0.445 e. The predicted molar refractivity (Wildman–Crippen MR) is 101 cm³/mol. The summed E-state index contributed by atoms with van der Waals surface area (Å²) < 4.78 is 5.48. The fraction of sp³-hybridized carbons (Fsp3) is 0.600. The number of nitrogens with two attached hydrogens (primary N) is 1. The highest BCUT2D eigenvalue weighted by Crippen LogP contribution is 2.20. The van der Waals surface area contributed by atoms with Gasteiger partial charge in [0.2, 0.25) is 5.91 Å². The van der Waals surface area contributed by atoms with Gasteiger partial charge in [0.25, 0.3) is 0 Å². The SMILES string of the molecule is CC(C)C(N)C(=O)N(C)CC1CCCCN1C(=O)OCc1ccccc1. The molecule has 2 atom stereocenters. The number of benzene rings is 1. The molecular weight excluding hydrogens is 330 g/mol. The van der Waals surface area contributed by atoms with Crippen LogP contribution in [0.4, 0.5) is 4.79 Å². The van der Waals surface area contributed by atoms with Crippen LogP contribution >= 0.6 is 0 Å². The molecule has 0 aromatic heterocycles. The van der Waals surface area contributed by atoms with Crippen LogP contribution in [0.3, 0.4) is 0 Å². The summed E-state index contributed by atoms with van der Waals surface area (Å²) in [6, 6.07) is 9.10. The fourth-order valence-corrected chi connectivity index (χ4v) is 3.18. The van der Waals surface area contributed by atoms with Crippen LogP contribution in [0.2, 0.25) is 0 Å². The molecule has 1 saturated heterocycles. The van der Waals surface area contributed by atoms with Crippen LogP contribution in [-0.4, -0.2) is 54.0 Å². The molecule has 1 aromatic carbocycles. The van der Waals surface area contributed by atoms with E-state index in [1.165, 1.54) is 0 Å². The molecule has 0 aliphatic carbocycles. The third-order valence-corrected chi connectivity index (χ3v) is 4.93. The maximum atomic E-state index is 12.6. The van der Waals surface area contributed by atoms with E-state index in [-0.39, 0.29) is 30.6 Å². The second kappa shape index (κ2) is 9.57. The summed E-state index contributed by atoms with van der Waals surface area (Å²) in [5.74, 6) is 0.00595. The molecule has 144 valence electrons. The molecule has 2 amide bonds. The zero-order valence-corrected chi connectivity index (χ0v) is 16.1. The van der Waals surface area contributed by atoms with Crippen molar-refractivity contribution < 1.29 is 14.3 Å². The third kappa shape index (κ3) is 5.46. The number of hydrogen-bond acceptors (Lipinski definition) is 4. The summed E-state index contributed by atoms with van der Waals surface area (Å²) in [6.07, 6.45) is 2.56. The van der Waals surface area contributed by atoms with Crippen molar-refractivity contribution in [3.63, 3.8) is 0 Å². The maximum Gasteiger partial charge on any atom is 0.410 e. The average molecular weight is 361 g/mol. The van der Waals surface area contributed by atoms with Crippen molar-refractivity contribution in [3.8, 4) is 0 Å². The smallest absolute Gasteiger partial charge is 0.410 e. The van der Waals surface area contributed by atoms with Gasteiger partial charge in [-0.1, -0.05) is 44.2 Å². The molecule has 0 spiro atoms. The van der Waals surface area contributed by atoms with Crippen molar-refractivity contribution in [2.75, 3.05) is 20.1 Å². The number of ether oxygens (including phenoxy) is 1. The highest BCUT2D eigenvalue weighted by molar-refractivity contribution is 5.81. The minimum absolute atomic E-state index is 0.0275. The Morgan fingerprint density at radius 2 is 1.96 bits per heavy atom. The van der Waals surface area contributed by atoms with Crippen molar-refractivity contribution >= 4 is 12.0 Å². The minimum atomic E-state index is -0.512. The molecule has 26 heavy (non-hydrogen) atoms. The van der Waals surface area contributed by atoms with Gasteiger partial charge >= 0.3 is 6.09 Å². The molecule has 0 saturated carbocycles. The molecule has 1 aliphatic heterocycles. The molecule has 6 heteroatoms. The van der Waals surface area contributed by atoms with Gasteiger partial charge in [0.1, 0.15) is 6.61 Å². The molecule has 1 fully saturated rings. The zero-order chi connectivity index (χ0) is 19.1. The van der Waals surface area contributed by atoms with E-state index < -0.39 is 6.04 Å². The fourth-order valence-electron chi connectivity index (χ4n) is 3.18. The van der Waals surface area contributed by atoms with E-state index in [0.29, 0.717) is 13.1 Å². The van der Waals surface area contributed by atoms with E-state index in [0.717, 1.165) is 24.8 Å². The first-order chi connectivity index (χ1) is 12.4. The van der Waals surface area contributed by atoms with Gasteiger partial charge in [-0.05, 0) is 30.7 Å². The van der Waals surface area contributed by atoms with Crippen molar-refractivity contribution in [1.82, 2.24) is 9.80 Å². The summed E-state index contributed by atoms with van der Waals surface area (Å²) in [5, 5.41) is 0. The minimum Gasteiger partial charge on any atom is -0.445 e. The van der Waals surface area contributed by atoms with Gasteiger partial charge in [-0.3, -0.25) is 4.79 Å². The number of hydrogen-bond donors (Lipinski definition) is 1. The summed E-state index contributed by atoms with van der Waals surface area (Å²) in [5.41, 5.74) is 6.94. The molecule has 1 heterocycles. The van der Waals surface area contributed by atoms with Crippen LogP contribution in [0.5, 0.6) is 0 Å². The lowest BCUT2D eigenvalue weighted by atomic mass is 10.0. The Morgan fingerprint density at radius 3 is 2.62 bits per heavy atom. The average Bonchev–Trinajstić information content (AvgIpc) is 2.66. The van der Waals surface area contributed by atoms with E-state index in [1.807, 2.05) is 44.2 Å². The van der Waals surface area contributed by atoms with Crippen molar-refractivity contribution in [1.29, 1.82) is 0 Å². The van der Waals surface area contributed by atoms with Gasteiger partial charge in [-0.25, -0.2) is 4.79 Å². The van der Waals surface area contributed by atoms with E-state index >= 15 is 0 Å². The highest BCUT2D eigenvalue weighted by atomic mass is 16.6. The van der Waals surface area contributed by atoms with Crippen LogP contribution in [-0.2, 0) is 16.1 Å². The zero-order valence-electron chi connectivity index (χ0n) is 16.1. The molecule has 2 unspecified atom stereocenters. The van der Waals surface area contributed by atoms with Crippen LogP contribution in [0.1, 0.15) is 38.7 Å². The van der Waals surface area contributed by atoms with E-state index in [2.05, 4.69) is 0 Å². The molecule has 6 nitrogen and oxygen atoms in total. The second-order valence-electron chi connectivity index (χ2n) is 7.37. The Labute approximate surface area is 156 Å². The normalized spacial score (nSPS) is 18.5. The number of carbonyl (C=O) groups excluding carboxylic acids is 2. The van der Waals surface area contributed by atoms with E-state index in [9.17, 15) is 9.59 Å². The van der Waals surface area contributed by atoms with Crippen LogP contribution in [0.15, 0.2) is 30.3 Å². The Balaban J connectivity index is 1.93. The predicted octanol–water partition coefficient (Wildman–Crippen LogP) is 2.62. The van der Waals surface area contributed by atoms with Gasteiger partial charge in [0.15, 0.2) is 0 Å². The lowest BCUT2D eigenvalue weighted by molar-refractivity contribution is -0.133. The molecular formula is C20H31N3O3. The lowest BCUT2D eigenvalue weighted by Gasteiger charge is -2.37. The van der Waals surface area contributed by atoms with Crippen molar-refractivity contribution in [3.05, 3.63) is 35.9 Å². The number of amides is 2. The molecule has 2 rings (SSSR count). The molecule has 0 bridgehead atoms. The van der Waals surface area contributed by atoms with Gasteiger partial charge in [-0.2, -0.15) is 0 Å². The second-order valence-corrected chi connectivity index (χ2v) is 7.37. The molecule has 1 aliphatic rings. The Bertz CT molecular complexity index is 591. The number of rotatable bonds is 6. The van der Waals surface area contributed by atoms with Gasteiger partial charge < -0.3 is 20.3 Å². The summed E-state index contributed by atoms with van der Waals surface area (Å²) in [7, 11) is 1.76. The summed E-state index contributed by atoms with van der Waals surface area (Å²) in [6.45, 7) is 5.28. The first-order valence-electron chi connectivity index (χ1n) is 9.38. The topological polar surface area (TPSA) is 75.9 Å². The number of likely N-dealkylation sites (tertiary alicyclic amines) is 1. The number of nitrogens with zero attached hydrogens (tertiary/aromatic N) is 2. The van der Waals surface area contributed by atoms with Crippen LogP contribution in [0.25, 0.3) is 0 Å². The van der Waals surface area contributed by atoms with E-state index in [1.54, 1.807) is 16.8 Å². The standard InChI is InChI=1S/C20H31N3O3/c1-15(2)18(21)19(24)22(3)13-17-11-7-8-12-23(17)20(25)26-14-16-9-5-4-6-10-16/h4-6,9-10,15,17-18H,7-8,11-14,21H2,1-3H3. The van der Waals surface area contributed by atoms with Crippen LogP contribution < -0.4 is 5.73 Å². The van der Waals surface area contributed by atoms with Gasteiger partial charge in [0.05, 0.1) is 12.1 Å². The highest BCUT2D eigenvalue weighted by Gasteiger charge is 2.31. The van der Waals surface area contributed by atoms with Gasteiger partial charge in [-0.15, -0.1) is 0 Å². The Morgan fingerprint density at radius 1 is 1.27 bits per heavy atom. The van der Waals surface area contributed by atoms with E-state index in [4.69, 9.17) is 10.5 Å². The third-order valence-electron chi connectivity index (χ3n) is 4.93. The van der Waals surface area contributed by atoms with Crippen molar-refractivity contribution in [2.45, 2.75) is 51.8 Å². The molecule has 1 aromatic rings. The maximum absolute atomic E-state index is 12.6. The monoisotopic (exact) mass is 361 g/mol.